The maximum absolute atomic E-state index is 9.33. The molecule has 0 bridgehead atoms. The predicted octanol–water partition coefficient (Wildman–Crippen LogP) is 8.67. The summed E-state index contributed by atoms with van der Waals surface area (Å²) in [6.07, 6.45) is 0. The van der Waals surface area contributed by atoms with Crippen molar-refractivity contribution < 1.29 is 13.7 Å². The predicted molar refractivity (Wildman–Crippen MR) is 158 cm³/mol. The number of aromatic nitrogens is 4. The molecule has 4 nitrogen and oxygen atoms in total. The van der Waals surface area contributed by atoms with Crippen LogP contribution in [0.2, 0.25) is 0 Å². The molecule has 0 aliphatic heterocycles. The van der Waals surface area contributed by atoms with Gasteiger partial charge in [0.15, 0.2) is 11.6 Å². The molecule has 38 heavy (non-hydrogen) atoms. The van der Waals surface area contributed by atoms with E-state index in [4.69, 9.17) is 25.9 Å². The summed E-state index contributed by atoms with van der Waals surface area (Å²) in [6, 6.07) is 14.2. The standard InChI is InChI=1S/C33H20N4S/c1-3-11-21(12-4-1)31-34-32(22-13-5-2-6-14-22)36-33(35-31)37-26-17-9-7-16-25(26)29-27(37)20-19-24-23-15-8-10-18-28(23)38-30(24)29/h1-20H/i7D,8D,9D,10D,15D,16D,17D,18D,19D,20D. The number of hydrogen-bond donors (Lipinski definition) is 0. The second-order valence-electron chi connectivity index (χ2n) is 8.56. The number of thiophene rings is 1. The van der Waals surface area contributed by atoms with Gasteiger partial charge in [0.05, 0.1) is 24.7 Å². The third-order valence-corrected chi connectivity index (χ3v) is 7.48. The average Bonchev–Trinajstić information content (AvgIpc) is 3.69. The summed E-state index contributed by atoms with van der Waals surface area (Å²) in [7, 11) is 0. The molecule has 8 aromatic rings. The van der Waals surface area contributed by atoms with Crippen molar-refractivity contribution >= 4 is 53.3 Å². The molecule has 0 fully saturated rings. The van der Waals surface area contributed by atoms with Crippen LogP contribution in [0.1, 0.15) is 13.7 Å². The monoisotopic (exact) mass is 514 g/mol. The van der Waals surface area contributed by atoms with Gasteiger partial charge in [0.25, 0.3) is 0 Å². The van der Waals surface area contributed by atoms with Crippen molar-refractivity contribution in [1.29, 1.82) is 0 Å². The van der Waals surface area contributed by atoms with E-state index in [-0.39, 0.29) is 85.1 Å². The van der Waals surface area contributed by atoms with E-state index >= 15 is 0 Å². The minimum absolute atomic E-state index is 0.0161. The van der Waals surface area contributed by atoms with E-state index in [9.17, 15) is 2.74 Å². The number of hydrogen-bond acceptors (Lipinski definition) is 4. The van der Waals surface area contributed by atoms with Crippen LogP contribution in [0.4, 0.5) is 0 Å². The van der Waals surface area contributed by atoms with Gasteiger partial charge in [-0.3, -0.25) is 4.57 Å². The van der Waals surface area contributed by atoms with E-state index < -0.39 is 30.2 Å². The second-order valence-corrected chi connectivity index (χ2v) is 9.58. The summed E-state index contributed by atoms with van der Waals surface area (Å²) in [6.45, 7) is 0. The van der Waals surface area contributed by atoms with Crippen LogP contribution in [-0.2, 0) is 0 Å². The summed E-state index contributed by atoms with van der Waals surface area (Å²) in [4.78, 5) is 14.3. The van der Waals surface area contributed by atoms with Crippen molar-refractivity contribution in [3.05, 3.63) is 121 Å². The zero-order valence-corrected chi connectivity index (χ0v) is 20.3. The van der Waals surface area contributed by atoms with E-state index in [0.29, 0.717) is 15.8 Å². The van der Waals surface area contributed by atoms with Crippen LogP contribution in [0, 0.1) is 0 Å². The summed E-state index contributed by atoms with van der Waals surface area (Å²) in [5.41, 5.74) is 1.34. The number of nitrogens with zero attached hydrogens (tertiary/aromatic N) is 4. The number of rotatable bonds is 3. The summed E-state index contributed by atoms with van der Waals surface area (Å²) in [5, 5.41) is 0.450. The largest absolute Gasteiger partial charge is 0.278 e. The molecule has 0 aliphatic rings. The van der Waals surface area contributed by atoms with Crippen molar-refractivity contribution in [2.45, 2.75) is 0 Å². The summed E-state index contributed by atoms with van der Waals surface area (Å²) in [5.74, 6) is 0.518. The highest BCUT2D eigenvalue weighted by molar-refractivity contribution is 7.26. The zero-order chi connectivity index (χ0) is 33.8. The molecular weight excluding hydrogens is 484 g/mol. The van der Waals surface area contributed by atoms with E-state index in [1.807, 2.05) is 60.7 Å². The Bertz CT molecular complexity index is 2620. The Hall–Kier alpha value is -4.87. The Kier molecular flexibility index (Phi) is 2.98. The second kappa shape index (κ2) is 8.33. The Labute approximate surface area is 236 Å². The molecule has 0 spiro atoms. The molecule has 0 unspecified atom stereocenters. The van der Waals surface area contributed by atoms with Crippen LogP contribution in [0.5, 0.6) is 0 Å². The average molecular weight is 515 g/mol. The minimum atomic E-state index is -0.512. The minimum Gasteiger partial charge on any atom is -0.278 e. The molecule has 0 radical (unpaired) electrons. The molecule has 0 amide bonds. The highest BCUT2D eigenvalue weighted by atomic mass is 32.1. The summed E-state index contributed by atoms with van der Waals surface area (Å²) < 4.78 is 89.3. The Morgan fingerprint density at radius 1 is 0.579 bits per heavy atom. The van der Waals surface area contributed by atoms with Gasteiger partial charge in [-0.25, -0.2) is 4.98 Å². The van der Waals surface area contributed by atoms with Crippen LogP contribution in [-0.4, -0.2) is 19.5 Å². The van der Waals surface area contributed by atoms with Crippen molar-refractivity contribution in [2.24, 2.45) is 0 Å². The molecule has 3 aromatic heterocycles. The van der Waals surface area contributed by atoms with E-state index in [1.54, 1.807) is 0 Å². The van der Waals surface area contributed by atoms with Gasteiger partial charge in [-0.2, -0.15) is 9.97 Å². The van der Waals surface area contributed by atoms with Gasteiger partial charge in [-0.15, -0.1) is 11.3 Å². The molecule has 178 valence electrons. The molecule has 5 aromatic carbocycles. The highest BCUT2D eigenvalue weighted by Crippen LogP contribution is 2.43. The van der Waals surface area contributed by atoms with Gasteiger partial charge >= 0.3 is 0 Å². The van der Waals surface area contributed by atoms with Crippen molar-refractivity contribution in [3.8, 4) is 28.7 Å². The lowest BCUT2D eigenvalue weighted by Gasteiger charge is -2.10. The van der Waals surface area contributed by atoms with Crippen LogP contribution in [0.25, 0.3) is 70.7 Å². The summed E-state index contributed by atoms with van der Waals surface area (Å²) >= 11 is 0.992. The van der Waals surface area contributed by atoms with Gasteiger partial charge in [0.1, 0.15) is 0 Å². The molecule has 0 saturated heterocycles. The van der Waals surface area contributed by atoms with Gasteiger partial charge < -0.3 is 0 Å². The first-order valence-electron chi connectivity index (χ1n) is 16.7. The van der Waals surface area contributed by atoms with Crippen LogP contribution in [0.3, 0.4) is 0 Å². The molecule has 3 heterocycles. The van der Waals surface area contributed by atoms with E-state index in [0.717, 1.165) is 11.3 Å². The number of para-hydroxylation sites is 1. The third-order valence-electron chi connectivity index (χ3n) is 6.36. The SMILES string of the molecule is [2H]c1c([2H])c([2H])c2c(sc3c2c([2H])c([2H])c2c3c3c([2H])c([2H])c([2H])c([2H])c3n2-c2nc(-c3ccccc3)nc(-c3ccccc3)n2)c1[2H]. The lowest BCUT2D eigenvalue weighted by atomic mass is 10.1. The number of benzene rings is 5. The third kappa shape index (κ3) is 3.19. The van der Waals surface area contributed by atoms with Crippen molar-refractivity contribution in [1.82, 2.24) is 19.5 Å². The quantitative estimate of drug-likeness (QED) is 0.237. The molecular formula is C33H20N4S. The normalized spacial score (nSPS) is 15.4. The Morgan fingerprint density at radius 2 is 1.21 bits per heavy atom. The molecule has 0 aliphatic carbocycles. The fourth-order valence-electron chi connectivity index (χ4n) is 4.67. The van der Waals surface area contributed by atoms with Crippen LogP contribution < -0.4 is 0 Å². The van der Waals surface area contributed by atoms with Crippen LogP contribution >= 0.6 is 11.3 Å². The maximum Gasteiger partial charge on any atom is 0.238 e. The molecule has 0 saturated carbocycles. The highest BCUT2D eigenvalue weighted by Gasteiger charge is 2.20. The first-order valence-corrected chi connectivity index (χ1v) is 12.6. The molecule has 0 atom stereocenters. The van der Waals surface area contributed by atoms with E-state index in [2.05, 4.69) is 0 Å². The van der Waals surface area contributed by atoms with Gasteiger partial charge in [-0.05, 0) is 18.1 Å². The smallest absolute Gasteiger partial charge is 0.238 e. The lowest BCUT2D eigenvalue weighted by molar-refractivity contribution is 0.953. The van der Waals surface area contributed by atoms with E-state index in [1.165, 1.54) is 4.57 Å². The first-order chi connectivity index (χ1) is 23.0. The van der Waals surface area contributed by atoms with Gasteiger partial charge in [0.2, 0.25) is 5.95 Å². The van der Waals surface area contributed by atoms with Gasteiger partial charge in [-0.1, -0.05) is 103 Å². The molecule has 5 heteroatoms. The molecule has 8 rings (SSSR count). The van der Waals surface area contributed by atoms with Crippen molar-refractivity contribution in [2.75, 3.05) is 0 Å². The fraction of sp³-hybridized carbons (Fsp3) is 0. The molecule has 0 N–H and O–H groups in total. The Balaban J connectivity index is 1.63. The first kappa shape index (κ1) is 13.6. The van der Waals surface area contributed by atoms with Crippen LogP contribution in [0.15, 0.2) is 121 Å². The lowest BCUT2D eigenvalue weighted by Crippen LogP contribution is -2.06. The Morgan fingerprint density at radius 3 is 1.92 bits per heavy atom. The zero-order valence-electron chi connectivity index (χ0n) is 29.5. The van der Waals surface area contributed by atoms with Crippen molar-refractivity contribution in [3.63, 3.8) is 0 Å². The number of fused-ring (bicyclic) bond motifs is 7. The topological polar surface area (TPSA) is 43.6 Å². The fourth-order valence-corrected chi connectivity index (χ4v) is 5.79. The maximum atomic E-state index is 9.33. The van der Waals surface area contributed by atoms with Gasteiger partial charge in [0, 0.05) is 42.1 Å².